The predicted molar refractivity (Wildman–Crippen MR) is 88.6 cm³/mol. The third-order valence-electron chi connectivity index (χ3n) is 4.25. The van der Waals surface area contributed by atoms with Gasteiger partial charge in [0, 0.05) is 28.6 Å². The van der Waals surface area contributed by atoms with Crippen LogP contribution in [0.1, 0.15) is 34.1 Å². The molecule has 0 radical (unpaired) electrons. The van der Waals surface area contributed by atoms with E-state index in [4.69, 9.17) is 4.74 Å². The van der Waals surface area contributed by atoms with Gasteiger partial charge in [-0.2, -0.15) is 0 Å². The number of para-hydroxylation sites is 1. The van der Waals surface area contributed by atoms with Crippen molar-refractivity contribution in [3.63, 3.8) is 0 Å². The highest BCUT2D eigenvalue weighted by Crippen LogP contribution is 2.45. The van der Waals surface area contributed by atoms with E-state index in [2.05, 4.69) is 63.5 Å². The van der Waals surface area contributed by atoms with Crippen LogP contribution in [0.4, 0.5) is 5.69 Å². The molecule has 2 nitrogen and oxygen atoms in total. The molecule has 2 rings (SSSR count). The number of nitrogens with one attached hydrogen (secondary N) is 1. The largest absolute Gasteiger partial charge is 0.381 e. The molecule has 0 saturated heterocycles. The monoisotopic (exact) mass is 293 g/mol. The minimum absolute atomic E-state index is 0.195. The van der Waals surface area contributed by atoms with Crippen LogP contribution in [0.5, 0.6) is 0 Å². The summed E-state index contributed by atoms with van der Waals surface area (Å²) in [5.41, 5.74) is 1.45. The van der Waals surface area contributed by atoms with Crippen LogP contribution in [0.15, 0.2) is 29.2 Å². The quantitative estimate of drug-likeness (QED) is 0.771. The second-order valence-electron chi connectivity index (χ2n) is 6.67. The van der Waals surface area contributed by atoms with Crippen molar-refractivity contribution in [2.24, 2.45) is 11.3 Å². The van der Waals surface area contributed by atoms with Crippen molar-refractivity contribution >= 4 is 17.4 Å². The Morgan fingerprint density at radius 3 is 2.65 bits per heavy atom. The molecule has 0 aliphatic heterocycles. The van der Waals surface area contributed by atoms with Crippen molar-refractivity contribution in [2.45, 2.75) is 51.2 Å². The Morgan fingerprint density at radius 1 is 1.35 bits per heavy atom. The van der Waals surface area contributed by atoms with E-state index in [1.54, 1.807) is 11.8 Å². The molecule has 0 amide bonds. The van der Waals surface area contributed by atoms with Crippen molar-refractivity contribution in [1.82, 2.24) is 0 Å². The second kappa shape index (κ2) is 6.40. The molecule has 1 aromatic carbocycles. The molecule has 112 valence electrons. The van der Waals surface area contributed by atoms with Crippen molar-refractivity contribution in [3.05, 3.63) is 24.3 Å². The Hall–Kier alpha value is -0.670. The van der Waals surface area contributed by atoms with Crippen molar-refractivity contribution in [1.29, 1.82) is 0 Å². The van der Waals surface area contributed by atoms with Gasteiger partial charge in [-0.15, -0.1) is 11.8 Å². The van der Waals surface area contributed by atoms with E-state index in [-0.39, 0.29) is 5.41 Å². The van der Waals surface area contributed by atoms with E-state index in [0.717, 1.165) is 13.0 Å². The maximum atomic E-state index is 6.03. The summed E-state index contributed by atoms with van der Waals surface area (Å²) in [4.78, 5) is 1.31. The molecule has 0 bridgehead atoms. The minimum atomic E-state index is 0.195. The Kier molecular flexibility index (Phi) is 5.03. The van der Waals surface area contributed by atoms with Gasteiger partial charge in [-0.1, -0.05) is 39.8 Å². The van der Waals surface area contributed by atoms with Gasteiger partial charge in [0.1, 0.15) is 0 Å². The normalized spacial score (nSPS) is 24.5. The van der Waals surface area contributed by atoms with E-state index in [1.807, 2.05) is 0 Å². The zero-order chi connectivity index (χ0) is 14.8. The average Bonchev–Trinajstić information content (AvgIpc) is 2.42. The molecule has 1 aliphatic carbocycles. The van der Waals surface area contributed by atoms with Gasteiger partial charge in [0.2, 0.25) is 0 Å². The highest BCUT2D eigenvalue weighted by molar-refractivity contribution is 7.98. The van der Waals surface area contributed by atoms with E-state index < -0.39 is 0 Å². The SMILES string of the molecule is CSc1ccccc1NC1CC(OCC(C)C)C1(C)C. The van der Waals surface area contributed by atoms with Crippen LogP contribution in [-0.2, 0) is 4.74 Å². The number of anilines is 1. The first-order chi connectivity index (χ1) is 9.45. The highest BCUT2D eigenvalue weighted by atomic mass is 32.2. The Bertz CT molecular complexity index is 444. The number of ether oxygens (including phenoxy) is 1. The van der Waals surface area contributed by atoms with Crippen LogP contribution in [0, 0.1) is 11.3 Å². The first-order valence-electron chi connectivity index (χ1n) is 7.46. The van der Waals surface area contributed by atoms with Gasteiger partial charge in [0.15, 0.2) is 0 Å². The lowest BCUT2D eigenvalue weighted by Gasteiger charge is -2.52. The topological polar surface area (TPSA) is 21.3 Å². The molecule has 1 aromatic rings. The molecule has 1 saturated carbocycles. The fourth-order valence-electron chi connectivity index (χ4n) is 2.67. The lowest BCUT2D eigenvalue weighted by atomic mass is 9.64. The van der Waals surface area contributed by atoms with Gasteiger partial charge in [0.05, 0.1) is 6.10 Å². The molecular formula is C17H27NOS. The van der Waals surface area contributed by atoms with E-state index in [0.29, 0.717) is 18.1 Å². The van der Waals surface area contributed by atoms with E-state index >= 15 is 0 Å². The van der Waals surface area contributed by atoms with Crippen molar-refractivity contribution < 1.29 is 4.74 Å². The van der Waals surface area contributed by atoms with Gasteiger partial charge in [-0.05, 0) is 30.7 Å². The summed E-state index contributed by atoms with van der Waals surface area (Å²) in [5, 5.41) is 3.70. The summed E-state index contributed by atoms with van der Waals surface area (Å²) in [6.07, 6.45) is 3.60. The third-order valence-corrected chi connectivity index (χ3v) is 5.04. The summed E-state index contributed by atoms with van der Waals surface area (Å²) in [5.74, 6) is 0.607. The van der Waals surface area contributed by atoms with Crippen LogP contribution in [0.3, 0.4) is 0 Å². The number of hydrogen-bond acceptors (Lipinski definition) is 3. The van der Waals surface area contributed by atoms with Crippen molar-refractivity contribution in [3.8, 4) is 0 Å². The van der Waals surface area contributed by atoms with Gasteiger partial charge in [-0.25, -0.2) is 0 Å². The van der Waals surface area contributed by atoms with Crippen LogP contribution < -0.4 is 5.32 Å². The summed E-state index contributed by atoms with van der Waals surface area (Å²) >= 11 is 1.79. The minimum Gasteiger partial charge on any atom is -0.381 e. The Labute approximate surface area is 127 Å². The molecule has 0 spiro atoms. The molecule has 0 heterocycles. The fraction of sp³-hybridized carbons (Fsp3) is 0.647. The van der Waals surface area contributed by atoms with Gasteiger partial charge in [0.25, 0.3) is 0 Å². The maximum Gasteiger partial charge on any atom is 0.0665 e. The molecular weight excluding hydrogens is 266 g/mol. The molecule has 2 unspecified atom stereocenters. The number of thioether (sulfide) groups is 1. The average molecular weight is 293 g/mol. The summed E-state index contributed by atoms with van der Waals surface area (Å²) in [6.45, 7) is 9.89. The maximum absolute atomic E-state index is 6.03. The Morgan fingerprint density at radius 2 is 2.05 bits per heavy atom. The predicted octanol–water partition coefficient (Wildman–Crippen LogP) is 4.66. The summed E-state index contributed by atoms with van der Waals surface area (Å²) < 4.78 is 6.03. The van der Waals surface area contributed by atoms with Crippen molar-refractivity contribution in [2.75, 3.05) is 18.2 Å². The Balaban J connectivity index is 1.95. The second-order valence-corrected chi connectivity index (χ2v) is 7.52. The smallest absolute Gasteiger partial charge is 0.0665 e. The zero-order valence-electron chi connectivity index (χ0n) is 13.3. The fourth-order valence-corrected chi connectivity index (χ4v) is 3.23. The summed E-state index contributed by atoms with van der Waals surface area (Å²) in [6, 6.07) is 9.03. The lowest BCUT2D eigenvalue weighted by Crippen LogP contribution is -2.58. The molecule has 1 aliphatic rings. The molecule has 0 aromatic heterocycles. The zero-order valence-corrected chi connectivity index (χ0v) is 14.1. The van der Waals surface area contributed by atoms with Crippen LogP contribution in [0.25, 0.3) is 0 Å². The van der Waals surface area contributed by atoms with Crippen LogP contribution in [-0.4, -0.2) is 25.0 Å². The van der Waals surface area contributed by atoms with Gasteiger partial charge >= 0.3 is 0 Å². The lowest BCUT2D eigenvalue weighted by molar-refractivity contribution is -0.108. The third kappa shape index (κ3) is 3.32. The number of rotatable bonds is 6. The molecule has 20 heavy (non-hydrogen) atoms. The highest BCUT2D eigenvalue weighted by Gasteiger charge is 2.49. The molecule has 1 N–H and O–H groups in total. The molecule has 3 heteroatoms. The molecule has 1 fully saturated rings. The first kappa shape index (κ1) is 15.7. The standard InChI is InChI=1S/C17H27NOS/c1-12(2)11-19-16-10-15(17(16,3)4)18-13-8-6-7-9-14(13)20-5/h6-9,12,15-16,18H,10-11H2,1-5H3. The summed E-state index contributed by atoms with van der Waals surface area (Å²) in [7, 11) is 0. The number of benzene rings is 1. The molecule has 2 atom stereocenters. The number of hydrogen-bond donors (Lipinski definition) is 1. The van der Waals surface area contributed by atoms with Gasteiger partial charge in [-0.3, -0.25) is 0 Å². The van der Waals surface area contributed by atoms with Gasteiger partial charge < -0.3 is 10.1 Å². The van der Waals surface area contributed by atoms with E-state index in [9.17, 15) is 0 Å². The first-order valence-corrected chi connectivity index (χ1v) is 8.68. The van der Waals surface area contributed by atoms with Crippen LogP contribution in [0.2, 0.25) is 0 Å². The van der Waals surface area contributed by atoms with Crippen LogP contribution >= 0.6 is 11.8 Å². The van der Waals surface area contributed by atoms with E-state index in [1.165, 1.54) is 10.6 Å².